The quantitative estimate of drug-likeness (QED) is 0.724. The standard InChI is InChI=1S/C21H27N3O4S/c1-14(2)22-20(25)13-24(5)21(26)17-9-11-18(12-10-17)29(27,28)23-19-8-6-7-15(3)16(19)4/h6-12,14,23H,13H2,1-5H3,(H,22,25). The molecule has 0 aliphatic heterocycles. The maximum atomic E-state index is 12.7. The number of likely N-dealkylation sites (N-methyl/N-ethyl adjacent to an activating group) is 1. The van der Waals surface area contributed by atoms with Crippen LogP contribution in [0.4, 0.5) is 5.69 Å². The summed E-state index contributed by atoms with van der Waals surface area (Å²) in [6.07, 6.45) is 0. The van der Waals surface area contributed by atoms with Gasteiger partial charge in [0, 0.05) is 18.7 Å². The molecule has 2 N–H and O–H groups in total. The molecular formula is C21H27N3O4S. The van der Waals surface area contributed by atoms with Crippen molar-refractivity contribution in [3.05, 3.63) is 59.2 Å². The zero-order chi connectivity index (χ0) is 21.8. The molecule has 2 rings (SSSR count). The molecule has 0 radical (unpaired) electrons. The summed E-state index contributed by atoms with van der Waals surface area (Å²) < 4.78 is 27.9. The van der Waals surface area contributed by atoms with Crippen LogP contribution in [0.15, 0.2) is 47.4 Å². The number of anilines is 1. The highest BCUT2D eigenvalue weighted by molar-refractivity contribution is 7.92. The van der Waals surface area contributed by atoms with Crippen molar-refractivity contribution in [3.63, 3.8) is 0 Å². The van der Waals surface area contributed by atoms with Gasteiger partial charge in [-0.2, -0.15) is 0 Å². The Kier molecular flexibility index (Phi) is 7.02. The van der Waals surface area contributed by atoms with Crippen LogP contribution in [0.1, 0.15) is 35.3 Å². The van der Waals surface area contributed by atoms with E-state index in [1.165, 1.54) is 36.2 Å². The number of nitrogens with one attached hydrogen (secondary N) is 2. The van der Waals surface area contributed by atoms with Gasteiger partial charge in [0.15, 0.2) is 0 Å². The number of sulfonamides is 1. The highest BCUT2D eigenvalue weighted by atomic mass is 32.2. The average molecular weight is 418 g/mol. The van der Waals surface area contributed by atoms with Crippen LogP contribution < -0.4 is 10.0 Å². The molecule has 0 spiro atoms. The molecule has 0 saturated carbocycles. The normalized spacial score (nSPS) is 11.2. The fraction of sp³-hybridized carbons (Fsp3) is 0.333. The van der Waals surface area contributed by atoms with Crippen molar-refractivity contribution in [2.24, 2.45) is 0 Å². The molecule has 0 aliphatic carbocycles. The minimum atomic E-state index is -3.79. The zero-order valence-corrected chi connectivity index (χ0v) is 18.1. The van der Waals surface area contributed by atoms with E-state index in [2.05, 4.69) is 10.0 Å². The number of hydrogen-bond donors (Lipinski definition) is 2. The van der Waals surface area contributed by atoms with Crippen LogP contribution in [0.2, 0.25) is 0 Å². The Balaban J connectivity index is 2.13. The zero-order valence-electron chi connectivity index (χ0n) is 17.3. The first-order valence-electron chi connectivity index (χ1n) is 9.25. The van der Waals surface area contributed by atoms with Gasteiger partial charge in [0.1, 0.15) is 0 Å². The van der Waals surface area contributed by atoms with E-state index < -0.39 is 10.0 Å². The van der Waals surface area contributed by atoms with E-state index in [4.69, 9.17) is 0 Å². The Morgan fingerprint density at radius 3 is 2.24 bits per heavy atom. The summed E-state index contributed by atoms with van der Waals surface area (Å²) in [5.74, 6) is -0.622. The monoisotopic (exact) mass is 417 g/mol. The van der Waals surface area contributed by atoms with Crippen molar-refractivity contribution in [1.82, 2.24) is 10.2 Å². The average Bonchev–Trinajstić information content (AvgIpc) is 2.64. The van der Waals surface area contributed by atoms with Crippen molar-refractivity contribution >= 4 is 27.5 Å². The summed E-state index contributed by atoms with van der Waals surface area (Å²) in [6.45, 7) is 7.35. The fourth-order valence-corrected chi connectivity index (χ4v) is 3.84. The van der Waals surface area contributed by atoms with Crippen LogP contribution >= 0.6 is 0 Å². The number of carbonyl (C=O) groups excluding carboxylic acids is 2. The van der Waals surface area contributed by atoms with Crippen molar-refractivity contribution in [2.45, 2.75) is 38.6 Å². The van der Waals surface area contributed by atoms with Gasteiger partial charge in [0.25, 0.3) is 15.9 Å². The predicted molar refractivity (Wildman–Crippen MR) is 113 cm³/mol. The summed E-state index contributed by atoms with van der Waals surface area (Å²) in [6, 6.07) is 11.0. The molecule has 0 bridgehead atoms. The van der Waals surface area contributed by atoms with Gasteiger partial charge < -0.3 is 10.2 Å². The number of carbonyl (C=O) groups is 2. The van der Waals surface area contributed by atoms with Crippen molar-refractivity contribution in [3.8, 4) is 0 Å². The molecule has 0 heterocycles. The van der Waals surface area contributed by atoms with E-state index in [9.17, 15) is 18.0 Å². The molecule has 2 aromatic carbocycles. The van der Waals surface area contributed by atoms with Crippen molar-refractivity contribution < 1.29 is 18.0 Å². The maximum Gasteiger partial charge on any atom is 0.261 e. The molecule has 0 saturated heterocycles. The van der Waals surface area contributed by atoms with Crippen LogP contribution in [-0.2, 0) is 14.8 Å². The van der Waals surface area contributed by atoms with Gasteiger partial charge in [-0.3, -0.25) is 14.3 Å². The topological polar surface area (TPSA) is 95.6 Å². The highest BCUT2D eigenvalue weighted by Gasteiger charge is 2.19. The second kappa shape index (κ2) is 9.09. The lowest BCUT2D eigenvalue weighted by molar-refractivity contribution is -0.122. The Morgan fingerprint density at radius 2 is 1.66 bits per heavy atom. The first-order valence-corrected chi connectivity index (χ1v) is 10.7. The number of nitrogens with zero attached hydrogens (tertiary/aromatic N) is 1. The molecule has 2 amide bonds. The molecule has 8 heteroatoms. The largest absolute Gasteiger partial charge is 0.352 e. The smallest absolute Gasteiger partial charge is 0.261 e. The molecule has 0 aliphatic rings. The van der Waals surface area contributed by atoms with Gasteiger partial charge in [-0.25, -0.2) is 8.42 Å². The first kappa shape index (κ1) is 22.4. The van der Waals surface area contributed by atoms with Gasteiger partial charge in [0.05, 0.1) is 17.1 Å². The Morgan fingerprint density at radius 1 is 1.03 bits per heavy atom. The molecule has 156 valence electrons. The van der Waals surface area contributed by atoms with E-state index >= 15 is 0 Å². The number of amides is 2. The summed E-state index contributed by atoms with van der Waals surface area (Å²) in [5, 5.41) is 2.72. The second-order valence-electron chi connectivity index (χ2n) is 7.26. The third kappa shape index (κ3) is 5.80. The molecule has 0 fully saturated rings. The van der Waals surface area contributed by atoms with Crippen LogP contribution in [0, 0.1) is 13.8 Å². The number of rotatable bonds is 7. The number of aryl methyl sites for hydroxylation is 1. The third-order valence-electron chi connectivity index (χ3n) is 4.44. The summed E-state index contributed by atoms with van der Waals surface area (Å²) in [4.78, 5) is 25.6. The molecular weight excluding hydrogens is 390 g/mol. The summed E-state index contributed by atoms with van der Waals surface area (Å²) in [7, 11) is -2.26. The maximum absolute atomic E-state index is 12.7. The molecule has 0 aromatic heterocycles. The van der Waals surface area contributed by atoms with Gasteiger partial charge in [0.2, 0.25) is 5.91 Å². The second-order valence-corrected chi connectivity index (χ2v) is 8.94. The van der Waals surface area contributed by atoms with Crippen molar-refractivity contribution in [1.29, 1.82) is 0 Å². The molecule has 0 atom stereocenters. The van der Waals surface area contributed by atoms with E-state index in [1.54, 1.807) is 12.1 Å². The minimum Gasteiger partial charge on any atom is -0.352 e. The number of hydrogen-bond acceptors (Lipinski definition) is 4. The van der Waals surface area contributed by atoms with E-state index in [-0.39, 0.29) is 29.3 Å². The van der Waals surface area contributed by atoms with Gasteiger partial charge in [-0.15, -0.1) is 0 Å². The Hall–Kier alpha value is -2.87. The summed E-state index contributed by atoms with van der Waals surface area (Å²) >= 11 is 0. The molecule has 7 nitrogen and oxygen atoms in total. The van der Waals surface area contributed by atoms with Crippen LogP contribution in [-0.4, -0.2) is 44.8 Å². The van der Waals surface area contributed by atoms with Crippen LogP contribution in [0.3, 0.4) is 0 Å². The van der Waals surface area contributed by atoms with Crippen molar-refractivity contribution in [2.75, 3.05) is 18.3 Å². The SMILES string of the molecule is Cc1cccc(NS(=O)(=O)c2ccc(C(=O)N(C)CC(=O)NC(C)C)cc2)c1C. The highest BCUT2D eigenvalue weighted by Crippen LogP contribution is 2.22. The van der Waals surface area contributed by atoms with Gasteiger partial charge in [-0.05, 0) is 69.2 Å². The fourth-order valence-electron chi connectivity index (χ4n) is 2.72. The Bertz CT molecular complexity index is 999. The predicted octanol–water partition coefficient (Wildman–Crippen LogP) is 2.70. The van der Waals surface area contributed by atoms with E-state index in [1.807, 2.05) is 33.8 Å². The Labute approximate surface area is 172 Å². The number of benzene rings is 2. The van der Waals surface area contributed by atoms with Gasteiger partial charge >= 0.3 is 0 Å². The third-order valence-corrected chi connectivity index (χ3v) is 5.82. The molecule has 0 unspecified atom stereocenters. The van der Waals surface area contributed by atoms with Crippen LogP contribution in [0.25, 0.3) is 0 Å². The lowest BCUT2D eigenvalue weighted by Crippen LogP contribution is -2.40. The van der Waals surface area contributed by atoms with Gasteiger partial charge in [-0.1, -0.05) is 12.1 Å². The lowest BCUT2D eigenvalue weighted by Gasteiger charge is -2.18. The minimum absolute atomic E-state index is 0.0139. The summed E-state index contributed by atoms with van der Waals surface area (Å²) in [5.41, 5.74) is 2.65. The lowest BCUT2D eigenvalue weighted by atomic mass is 10.1. The van der Waals surface area contributed by atoms with E-state index in [0.29, 0.717) is 11.3 Å². The first-order chi connectivity index (χ1) is 13.5. The van der Waals surface area contributed by atoms with Crippen LogP contribution in [0.5, 0.6) is 0 Å². The van der Waals surface area contributed by atoms with E-state index in [0.717, 1.165) is 11.1 Å². The molecule has 29 heavy (non-hydrogen) atoms. The molecule has 2 aromatic rings.